The fourth-order valence-corrected chi connectivity index (χ4v) is 1.88. The van der Waals surface area contributed by atoms with E-state index in [-0.39, 0.29) is 0 Å². The first-order valence-corrected chi connectivity index (χ1v) is 6.09. The van der Waals surface area contributed by atoms with Crippen LogP contribution in [0.5, 0.6) is 0 Å². The summed E-state index contributed by atoms with van der Waals surface area (Å²) in [5, 5.41) is 0.741. The SMILES string of the molecule is CC(CCN)c1ncc(-c2ccc(Cl)cc2)[nH]1. The summed E-state index contributed by atoms with van der Waals surface area (Å²) in [7, 11) is 0. The lowest BCUT2D eigenvalue weighted by molar-refractivity contribution is 0.655. The summed E-state index contributed by atoms with van der Waals surface area (Å²) in [6.45, 7) is 2.80. The van der Waals surface area contributed by atoms with Crippen molar-refractivity contribution in [2.45, 2.75) is 19.3 Å². The van der Waals surface area contributed by atoms with E-state index in [2.05, 4.69) is 16.9 Å². The van der Waals surface area contributed by atoms with Crippen LogP contribution < -0.4 is 5.73 Å². The number of aromatic nitrogens is 2. The molecule has 0 aliphatic heterocycles. The van der Waals surface area contributed by atoms with Crippen LogP contribution >= 0.6 is 11.6 Å². The van der Waals surface area contributed by atoms with Gasteiger partial charge in [-0.15, -0.1) is 0 Å². The Hall–Kier alpha value is -1.32. The van der Waals surface area contributed by atoms with Crippen molar-refractivity contribution in [1.29, 1.82) is 0 Å². The molecule has 3 N–H and O–H groups in total. The summed E-state index contributed by atoms with van der Waals surface area (Å²) >= 11 is 5.86. The van der Waals surface area contributed by atoms with Crippen molar-refractivity contribution in [3.63, 3.8) is 0 Å². The third-order valence-corrected chi connectivity index (χ3v) is 3.07. The van der Waals surface area contributed by atoms with E-state index in [0.29, 0.717) is 12.5 Å². The van der Waals surface area contributed by atoms with Crippen molar-refractivity contribution in [1.82, 2.24) is 9.97 Å². The Kier molecular flexibility index (Phi) is 3.82. The molecule has 3 nitrogen and oxygen atoms in total. The van der Waals surface area contributed by atoms with Gasteiger partial charge in [0.2, 0.25) is 0 Å². The average Bonchev–Trinajstić information content (AvgIpc) is 2.80. The van der Waals surface area contributed by atoms with Crippen LogP contribution in [-0.2, 0) is 0 Å². The van der Waals surface area contributed by atoms with Gasteiger partial charge in [0.1, 0.15) is 5.82 Å². The highest BCUT2D eigenvalue weighted by Gasteiger charge is 2.09. The molecule has 0 spiro atoms. The number of aromatic amines is 1. The molecule has 0 amide bonds. The van der Waals surface area contributed by atoms with Crippen LogP contribution in [0.4, 0.5) is 0 Å². The van der Waals surface area contributed by atoms with Gasteiger partial charge in [-0.2, -0.15) is 0 Å². The van der Waals surface area contributed by atoms with Crippen molar-refractivity contribution in [3.05, 3.63) is 41.3 Å². The Morgan fingerprint density at radius 1 is 1.35 bits per heavy atom. The van der Waals surface area contributed by atoms with Crippen molar-refractivity contribution in [3.8, 4) is 11.3 Å². The minimum atomic E-state index is 0.362. The Labute approximate surface area is 106 Å². The quantitative estimate of drug-likeness (QED) is 0.874. The van der Waals surface area contributed by atoms with Gasteiger partial charge >= 0.3 is 0 Å². The maximum atomic E-state index is 5.86. The first kappa shape index (κ1) is 12.1. The predicted molar refractivity (Wildman–Crippen MR) is 71.1 cm³/mol. The number of imidazole rings is 1. The first-order chi connectivity index (χ1) is 8.20. The molecule has 0 aliphatic rings. The summed E-state index contributed by atoms with van der Waals surface area (Å²) < 4.78 is 0. The van der Waals surface area contributed by atoms with E-state index >= 15 is 0 Å². The smallest absolute Gasteiger partial charge is 0.109 e. The Morgan fingerprint density at radius 3 is 2.71 bits per heavy atom. The molecule has 0 radical (unpaired) electrons. The number of hydrogen-bond acceptors (Lipinski definition) is 2. The number of rotatable bonds is 4. The Morgan fingerprint density at radius 2 is 2.06 bits per heavy atom. The van der Waals surface area contributed by atoms with Crippen LogP contribution in [0, 0.1) is 0 Å². The molecule has 0 fully saturated rings. The summed E-state index contributed by atoms with van der Waals surface area (Å²) in [6, 6.07) is 7.71. The van der Waals surface area contributed by atoms with Crippen LogP contribution in [0.25, 0.3) is 11.3 Å². The second-order valence-corrected chi connectivity index (χ2v) is 4.60. The third-order valence-electron chi connectivity index (χ3n) is 2.82. The van der Waals surface area contributed by atoms with E-state index in [1.54, 1.807) is 0 Å². The van der Waals surface area contributed by atoms with Crippen LogP contribution in [-0.4, -0.2) is 16.5 Å². The first-order valence-electron chi connectivity index (χ1n) is 5.71. The maximum absolute atomic E-state index is 5.86. The number of halogens is 1. The molecule has 0 saturated heterocycles. The zero-order valence-corrected chi connectivity index (χ0v) is 10.5. The summed E-state index contributed by atoms with van der Waals surface area (Å²) in [4.78, 5) is 7.71. The summed E-state index contributed by atoms with van der Waals surface area (Å²) in [5.74, 6) is 1.35. The molecule has 1 aromatic heterocycles. The lowest BCUT2D eigenvalue weighted by Crippen LogP contribution is -2.05. The van der Waals surface area contributed by atoms with E-state index in [0.717, 1.165) is 28.5 Å². The average molecular weight is 250 g/mol. The fraction of sp³-hybridized carbons (Fsp3) is 0.308. The van der Waals surface area contributed by atoms with Gasteiger partial charge in [-0.3, -0.25) is 0 Å². The molecule has 2 aromatic rings. The number of nitrogens with two attached hydrogens (primary N) is 1. The van der Waals surface area contributed by atoms with Crippen molar-refractivity contribution in [2.75, 3.05) is 6.54 Å². The molecule has 1 unspecified atom stereocenters. The molecule has 0 aliphatic carbocycles. The highest BCUT2D eigenvalue weighted by molar-refractivity contribution is 6.30. The van der Waals surface area contributed by atoms with E-state index in [1.807, 2.05) is 30.5 Å². The number of benzene rings is 1. The normalized spacial score (nSPS) is 12.6. The largest absolute Gasteiger partial charge is 0.342 e. The Balaban J connectivity index is 2.20. The van der Waals surface area contributed by atoms with E-state index < -0.39 is 0 Å². The molecular weight excluding hydrogens is 234 g/mol. The predicted octanol–water partition coefficient (Wildman–Crippen LogP) is 3.18. The molecular formula is C13H16ClN3. The number of H-pyrrole nitrogens is 1. The van der Waals surface area contributed by atoms with Crippen molar-refractivity contribution < 1.29 is 0 Å². The number of hydrogen-bond donors (Lipinski definition) is 2. The molecule has 0 saturated carbocycles. The van der Waals surface area contributed by atoms with Gasteiger partial charge in [0.25, 0.3) is 0 Å². The van der Waals surface area contributed by atoms with Gasteiger partial charge in [0.05, 0.1) is 11.9 Å². The van der Waals surface area contributed by atoms with Crippen molar-refractivity contribution >= 4 is 11.6 Å². The highest BCUT2D eigenvalue weighted by Crippen LogP contribution is 2.22. The molecule has 17 heavy (non-hydrogen) atoms. The maximum Gasteiger partial charge on any atom is 0.109 e. The fourth-order valence-electron chi connectivity index (χ4n) is 1.75. The lowest BCUT2D eigenvalue weighted by atomic mass is 10.1. The third kappa shape index (κ3) is 2.87. The van der Waals surface area contributed by atoms with E-state index in [9.17, 15) is 0 Å². The van der Waals surface area contributed by atoms with Gasteiger partial charge in [-0.1, -0.05) is 30.7 Å². The molecule has 2 rings (SSSR count). The lowest BCUT2D eigenvalue weighted by Gasteiger charge is -2.05. The van der Waals surface area contributed by atoms with Crippen LogP contribution in [0.3, 0.4) is 0 Å². The van der Waals surface area contributed by atoms with Crippen LogP contribution in [0.15, 0.2) is 30.5 Å². The van der Waals surface area contributed by atoms with Gasteiger partial charge in [-0.05, 0) is 30.7 Å². The molecule has 4 heteroatoms. The van der Waals surface area contributed by atoms with E-state index in [4.69, 9.17) is 17.3 Å². The van der Waals surface area contributed by atoms with Crippen LogP contribution in [0.2, 0.25) is 5.02 Å². The molecule has 1 aromatic carbocycles. The minimum Gasteiger partial charge on any atom is -0.342 e. The molecule has 1 atom stereocenters. The summed E-state index contributed by atoms with van der Waals surface area (Å²) in [5.41, 5.74) is 7.65. The second kappa shape index (κ2) is 5.34. The van der Waals surface area contributed by atoms with Gasteiger partial charge < -0.3 is 10.7 Å². The molecule has 0 bridgehead atoms. The Bertz CT molecular complexity index is 476. The van der Waals surface area contributed by atoms with Gasteiger partial charge in [-0.25, -0.2) is 4.98 Å². The standard InChI is InChI=1S/C13H16ClN3/c1-9(6-7-15)13-16-8-12(17-13)10-2-4-11(14)5-3-10/h2-5,8-9H,6-7,15H2,1H3,(H,16,17). The van der Waals surface area contributed by atoms with Crippen LogP contribution in [0.1, 0.15) is 25.1 Å². The topological polar surface area (TPSA) is 54.7 Å². The zero-order chi connectivity index (χ0) is 12.3. The van der Waals surface area contributed by atoms with Gasteiger partial charge in [0, 0.05) is 10.9 Å². The number of nitrogens with one attached hydrogen (secondary N) is 1. The highest BCUT2D eigenvalue weighted by atomic mass is 35.5. The summed E-state index contributed by atoms with van der Waals surface area (Å²) in [6.07, 6.45) is 2.79. The second-order valence-electron chi connectivity index (χ2n) is 4.17. The minimum absolute atomic E-state index is 0.362. The van der Waals surface area contributed by atoms with Gasteiger partial charge in [0.15, 0.2) is 0 Å². The van der Waals surface area contributed by atoms with E-state index in [1.165, 1.54) is 0 Å². The zero-order valence-electron chi connectivity index (χ0n) is 9.78. The van der Waals surface area contributed by atoms with Crippen molar-refractivity contribution in [2.24, 2.45) is 5.73 Å². The molecule has 1 heterocycles. The molecule has 90 valence electrons. The number of nitrogens with zero attached hydrogens (tertiary/aromatic N) is 1. The monoisotopic (exact) mass is 249 g/mol.